The van der Waals surface area contributed by atoms with E-state index >= 15 is 0 Å². The van der Waals surface area contributed by atoms with Crippen LogP contribution in [0.3, 0.4) is 0 Å². The van der Waals surface area contributed by atoms with Crippen LogP contribution in [0.5, 0.6) is 0 Å². The van der Waals surface area contributed by atoms with Crippen molar-refractivity contribution in [3.8, 4) is 0 Å². The van der Waals surface area contributed by atoms with Crippen LogP contribution in [0.2, 0.25) is 0 Å². The number of thiazole rings is 1. The van der Waals surface area contributed by atoms with Crippen molar-refractivity contribution in [2.24, 2.45) is 0 Å². The van der Waals surface area contributed by atoms with Gasteiger partial charge in [-0.1, -0.05) is 37.3 Å². The van der Waals surface area contributed by atoms with E-state index in [4.69, 9.17) is 0 Å². The number of hydrogen-bond acceptors (Lipinski definition) is 4. The average Bonchev–Trinajstić information content (AvgIpc) is 2.92. The maximum Gasteiger partial charge on any atom is 0.0926 e. The lowest BCUT2D eigenvalue weighted by Crippen LogP contribution is -2.22. The van der Waals surface area contributed by atoms with Gasteiger partial charge in [-0.2, -0.15) is 0 Å². The van der Waals surface area contributed by atoms with Gasteiger partial charge in [0, 0.05) is 24.6 Å². The molecule has 0 bridgehead atoms. The zero-order valence-electron chi connectivity index (χ0n) is 11.2. The summed E-state index contributed by atoms with van der Waals surface area (Å²) < 4.78 is 0. The van der Waals surface area contributed by atoms with Crippen molar-refractivity contribution < 1.29 is 5.11 Å². The van der Waals surface area contributed by atoms with E-state index in [1.54, 1.807) is 11.3 Å². The normalized spacial score (nSPS) is 12.5. The van der Waals surface area contributed by atoms with Crippen molar-refractivity contribution in [2.75, 3.05) is 6.61 Å². The minimum atomic E-state index is 0.179. The zero-order chi connectivity index (χ0) is 13.5. The Morgan fingerprint density at radius 2 is 2.11 bits per heavy atom. The summed E-state index contributed by atoms with van der Waals surface area (Å²) >= 11 is 1.71. The monoisotopic (exact) mass is 276 g/mol. The van der Waals surface area contributed by atoms with Crippen molar-refractivity contribution in [1.29, 1.82) is 0 Å². The van der Waals surface area contributed by atoms with Gasteiger partial charge < -0.3 is 10.4 Å². The molecule has 1 aromatic carbocycles. The quantitative estimate of drug-likeness (QED) is 0.817. The van der Waals surface area contributed by atoms with E-state index in [9.17, 15) is 5.11 Å². The third-order valence-corrected chi connectivity index (χ3v) is 4.09. The lowest BCUT2D eigenvalue weighted by atomic mass is 10.0. The van der Waals surface area contributed by atoms with Gasteiger partial charge in [0.25, 0.3) is 0 Å². The molecule has 0 fully saturated rings. The lowest BCUT2D eigenvalue weighted by molar-refractivity contribution is 0.265. The van der Waals surface area contributed by atoms with Crippen LogP contribution in [-0.4, -0.2) is 16.7 Å². The van der Waals surface area contributed by atoms with Crippen molar-refractivity contribution in [3.05, 3.63) is 52.0 Å². The summed E-state index contributed by atoms with van der Waals surface area (Å²) in [6.07, 6.45) is 1.71. The van der Waals surface area contributed by atoms with Gasteiger partial charge in [-0.15, -0.1) is 11.3 Å². The molecule has 0 saturated carbocycles. The number of aliphatic hydroxyl groups is 1. The first kappa shape index (κ1) is 14.2. The van der Waals surface area contributed by atoms with Gasteiger partial charge in [0.15, 0.2) is 0 Å². The van der Waals surface area contributed by atoms with Crippen LogP contribution in [0.1, 0.15) is 35.7 Å². The maximum absolute atomic E-state index is 9.18. The Labute approximate surface area is 118 Å². The summed E-state index contributed by atoms with van der Waals surface area (Å²) in [6.45, 7) is 3.05. The van der Waals surface area contributed by atoms with E-state index in [-0.39, 0.29) is 12.6 Å². The molecule has 0 unspecified atom stereocenters. The van der Waals surface area contributed by atoms with Gasteiger partial charge >= 0.3 is 0 Å². The Morgan fingerprint density at radius 3 is 2.74 bits per heavy atom. The fraction of sp³-hybridized carbons (Fsp3) is 0.400. The number of nitrogens with zero attached hydrogens (tertiary/aromatic N) is 1. The third-order valence-electron chi connectivity index (χ3n) is 3.05. The Balaban J connectivity index is 1.97. The topological polar surface area (TPSA) is 45.2 Å². The smallest absolute Gasteiger partial charge is 0.0926 e. The second kappa shape index (κ2) is 7.38. The lowest BCUT2D eigenvalue weighted by Gasteiger charge is -2.17. The Hall–Kier alpha value is -1.23. The molecule has 2 N–H and O–H groups in total. The molecule has 3 nitrogen and oxygen atoms in total. The molecule has 0 spiro atoms. The number of benzene rings is 1. The minimum absolute atomic E-state index is 0.179. The first-order chi connectivity index (χ1) is 9.33. The summed E-state index contributed by atoms with van der Waals surface area (Å²) in [4.78, 5) is 4.55. The number of rotatable bonds is 7. The van der Waals surface area contributed by atoms with Crippen LogP contribution in [-0.2, 0) is 13.0 Å². The molecule has 0 radical (unpaired) electrons. The number of nitrogens with one attached hydrogen (secondary N) is 1. The van der Waals surface area contributed by atoms with E-state index < -0.39 is 0 Å². The van der Waals surface area contributed by atoms with Crippen LogP contribution in [0, 0.1) is 0 Å². The predicted octanol–water partition coefficient (Wildman–Crippen LogP) is 2.92. The summed E-state index contributed by atoms with van der Waals surface area (Å²) in [7, 11) is 0. The highest BCUT2D eigenvalue weighted by Gasteiger charge is 2.10. The Kier molecular flexibility index (Phi) is 5.51. The maximum atomic E-state index is 9.18. The summed E-state index contributed by atoms with van der Waals surface area (Å²) in [5.41, 5.74) is 2.29. The predicted molar refractivity (Wildman–Crippen MR) is 79.2 cm³/mol. The molecule has 4 heteroatoms. The molecular formula is C15H20N2OS. The molecule has 1 heterocycles. The van der Waals surface area contributed by atoms with Crippen molar-refractivity contribution in [1.82, 2.24) is 10.3 Å². The standard InChI is InChI=1S/C15H20N2OS/c1-2-15-17-13(11-19-15)10-16-14(8-9-18)12-6-4-3-5-7-12/h3-7,11,14,16,18H,2,8-10H2,1H3/t14-/m1/s1. The molecule has 0 aliphatic heterocycles. The summed E-state index contributed by atoms with van der Waals surface area (Å²) in [5, 5.41) is 15.9. The fourth-order valence-corrected chi connectivity index (χ4v) is 2.77. The minimum Gasteiger partial charge on any atom is -0.396 e. The van der Waals surface area contributed by atoms with E-state index in [0.717, 1.165) is 25.1 Å². The van der Waals surface area contributed by atoms with E-state index in [0.29, 0.717) is 0 Å². The van der Waals surface area contributed by atoms with Crippen LogP contribution >= 0.6 is 11.3 Å². The number of aliphatic hydroxyl groups excluding tert-OH is 1. The molecule has 2 rings (SSSR count). The van der Waals surface area contributed by atoms with Gasteiger partial charge in [0.1, 0.15) is 0 Å². The number of hydrogen-bond donors (Lipinski definition) is 2. The fourth-order valence-electron chi connectivity index (χ4n) is 2.02. The first-order valence-corrected chi connectivity index (χ1v) is 7.54. The second-order valence-corrected chi connectivity index (χ2v) is 5.39. The molecular weight excluding hydrogens is 256 g/mol. The molecule has 19 heavy (non-hydrogen) atoms. The van der Waals surface area contributed by atoms with E-state index in [2.05, 4.69) is 34.7 Å². The van der Waals surface area contributed by atoms with Crippen molar-refractivity contribution in [2.45, 2.75) is 32.4 Å². The van der Waals surface area contributed by atoms with Crippen LogP contribution in [0.25, 0.3) is 0 Å². The largest absolute Gasteiger partial charge is 0.396 e. The number of aromatic nitrogens is 1. The molecule has 0 aliphatic rings. The van der Waals surface area contributed by atoms with Gasteiger partial charge in [0.2, 0.25) is 0 Å². The Bertz CT molecular complexity index is 484. The highest BCUT2D eigenvalue weighted by Crippen LogP contribution is 2.17. The van der Waals surface area contributed by atoms with Crippen LogP contribution in [0.4, 0.5) is 0 Å². The molecule has 0 amide bonds. The molecule has 0 aliphatic carbocycles. The highest BCUT2D eigenvalue weighted by molar-refractivity contribution is 7.09. The summed E-state index contributed by atoms with van der Waals surface area (Å²) in [6, 6.07) is 10.4. The average molecular weight is 276 g/mol. The van der Waals surface area contributed by atoms with Gasteiger partial charge in [-0.25, -0.2) is 4.98 Å². The Morgan fingerprint density at radius 1 is 1.32 bits per heavy atom. The second-order valence-electron chi connectivity index (χ2n) is 4.44. The van der Waals surface area contributed by atoms with E-state index in [1.165, 1.54) is 10.6 Å². The molecule has 1 atom stereocenters. The van der Waals surface area contributed by atoms with Gasteiger partial charge in [-0.05, 0) is 18.4 Å². The molecule has 1 aromatic heterocycles. The molecule has 102 valence electrons. The number of aryl methyl sites for hydroxylation is 1. The summed E-state index contributed by atoms with van der Waals surface area (Å²) in [5.74, 6) is 0. The van der Waals surface area contributed by atoms with Crippen LogP contribution < -0.4 is 5.32 Å². The van der Waals surface area contributed by atoms with Crippen molar-refractivity contribution >= 4 is 11.3 Å². The SMILES string of the molecule is CCc1nc(CN[C@H](CCO)c2ccccc2)cs1. The van der Waals surface area contributed by atoms with Crippen LogP contribution in [0.15, 0.2) is 35.7 Å². The van der Waals surface area contributed by atoms with E-state index in [1.807, 2.05) is 18.2 Å². The molecule has 0 saturated heterocycles. The third kappa shape index (κ3) is 4.13. The molecule has 2 aromatic rings. The first-order valence-electron chi connectivity index (χ1n) is 6.66. The van der Waals surface area contributed by atoms with Gasteiger partial charge in [0.05, 0.1) is 10.7 Å². The highest BCUT2D eigenvalue weighted by atomic mass is 32.1. The van der Waals surface area contributed by atoms with Crippen molar-refractivity contribution in [3.63, 3.8) is 0 Å². The van der Waals surface area contributed by atoms with Gasteiger partial charge in [-0.3, -0.25) is 0 Å². The zero-order valence-corrected chi connectivity index (χ0v) is 12.0.